The lowest BCUT2D eigenvalue weighted by atomic mass is 9.97. The molecular weight excluding hydrogens is 248 g/mol. The lowest BCUT2D eigenvalue weighted by Gasteiger charge is -2.28. The van der Waals surface area contributed by atoms with Crippen LogP contribution in [0.3, 0.4) is 0 Å². The fraction of sp³-hybridized carbons (Fsp3) is 0.200. The van der Waals surface area contributed by atoms with Gasteiger partial charge in [-0.3, -0.25) is 0 Å². The normalized spacial score (nSPS) is 17.8. The Morgan fingerprint density at radius 2 is 1.50 bits per heavy atom. The van der Waals surface area contributed by atoms with E-state index in [2.05, 4.69) is 0 Å². The quantitative estimate of drug-likeness (QED) is 0.822. The summed E-state index contributed by atoms with van der Waals surface area (Å²) < 4.78 is 11.8. The number of ether oxygens (including phenoxy) is 2. The van der Waals surface area contributed by atoms with Crippen molar-refractivity contribution in [3.05, 3.63) is 70.7 Å². The molecular formula is C15H13ClO2. The Morgan fingerprint density at radius 1 is 0.833 bits per heavy atom. The molecule has 2 nitrogen and oxygen atoms in total. The maximum atomic E-state index is 6.06. The summed E-state index contributed by atoms with van der Waals surface area (Å²) >= 11 is 6.06. The number of benzene rings is 2. The van der Waals surface area contributed by atoms with Crippen molar-refractivity contribution in [3.63, 3.8) is 0 Å². The van der Waals surface area contributed by atoms with Gasteiger partial charge in [-0.25, -0.2) is 0 Å². The smallest absolute Gasteiger partial charge is 0.222 e. The van der Waals surface area contributed by atoms with Crippen LogP contribution in [-0.2, 0) is 15.3 Å². The van der Waals surface area contributed by atoms with Crippen molar-refractivity contribution in [2.24, 2.45) is 0 Å². The Hall–Kier alpha value is -1.35. The van der Waals surface area contributed by atoms with Gasteiger partial charge < -0.3 is 9.47 Å². The average molecular weight is 261 g/mol. The molecule has 92 valence electrons. The summed E-state index contributed by atoms with van der Waals surface area (Å²) in [6, 6.07) is 17.6. The third kappa shape index (κ3) is 1.93. The van der Waals surface area contributed by atoms with E-state index in [1.807, 2.05) is 54.6 Å². The van der Waals surface area contributed by atoms with Gasteiger partial charge in [0.1, 0.15) is 0 Å². The Balaban J connectivity index is 2.13. The second-order valence-electron chi connectivity index (χ2n) is 4.19. The van der Waals surface area contributed by atoms with E-state index in [1.54, 1.807) is 0 Å². The molecule has 3 rings (SSSR count). The van der Waals surface area contributed by atoms with Gasteiger partial charge in [-0.05, 0) is 12.1 Å². The Morgan fingerprint density at radius 3 is 2.17 bits per heavy atom. The third-order valence-corrected chi connectivity index (χ3v) is 3.29. The van der Waals surface area contributed by atoms with Crippen LogP contribution in [0.5, 0.6) is 0 Å². The van der Waals surface area contributed by atoms with Crippen molar-refractivity contribution in [1.82, 2.24) is 0 Å². The second-order valence-corrected chi connectivity index (χ2v) is 4.63. The zero-order valence-electron chi connectivity index (χ0n) is 9.80. The van der Waals surface area contributed by atoms with Crippen molar-refractivity contribution in [3.8, 4) is 0 Å². The van der Waals surface area contributed by atoms with Crippen molar-refractivity contribution >= 4 is 11.6 Å². The second kappa shape index (κ2) is 4.73. The summed E-state index contributed by atoms with van der Waals surface area (Å²) in [5.41, 5.74) is 1.92. The first kappa shape index (κ1) is 11.7. The SMILES string of the molecule is Clc1cccc(C2(c3ccccc3)OCCO2)c1. The van der Waals surface area contributed by atoms with Crippen LogP contribution in [0.15, 0.2) is 54.6 Å². The molecule has 0 aliphatic carbocycles. The van der Waals surface area contributed by atoms with Crippen molar-refractivity contribution < 1.29 is 9.47 Å². The van der Waals surface area contributed by atoms with Crippen LogP contribution < -0.4 is 0 Å². The molecule has 0 aromatic heterocycles. The molecule has 1 heterocycles. The van der Waals surface area contributed by atoms with Gasteiger partial charge in [0.15, 0.2) is 0 Å². The van der Waals surface area contributed by atoms with Gasteiger partial charge in [-0.15, -0.1) is 0 Å². The summed E-state index contributed by atoms with van der Waals surface area (Å²) in [6.45, 7) is 1.17. The van der Waals surface area contributed by atoms with Gasteiger partial charge in [0.25, 0.3) is 0 Å². The molecule has 0 atom stereocenters. The van der Waals surface area contributed by atoms with Gasteiger partial charge in [-0.2, -0.15) is 0 Å². The van der Waals surface area contributed by atoms with Crippen LogP contribution in [-0.4, -0.2) is 13.2 Å². The molecule has 1 saturated heterocycles. The van der Waals surface area contributed by atoms with Crippen molar-refractivity contribution in [1.29, 1.82) is 0 Å². The maximum absolute atomic E-state index is 6.06. The lowest BCUT2D eigenvalue weighted by molar-refractivity contribution is -0.129. The molecule has 0 radical (unpaired) electrons. The Labute approximate surface area is 111 Å². The summed E-state index contributed by atoms with van der Waals surface area (Å²) in [6.07, 6.45) is 0. The van der Waals surface area contributed by atoms with Gasteiger partial charge in [0, 0.05) is 16.1 Å². The minimum atomic E-state index is -0.813. The third-order valence-electron chi connectivity index (χ3n) is 3.05. The predicted octanol–water partition coefficient (Wildman–Crippen LogP) is 3.59. The van der Waals surface area contributed by atoms with Gasteiger partial charge >= 0.3 is 0 Å². The van der Waals surface area contributed by atoms with Crippen LogP contribution in [0.1, 0.15) is 11.1 Å². The molecule has 0 spiro atoms. The molecule has 1 fully saturated rings. The predicted molar refractivity (Wildman–Crippen MR) is 70.6 cm³/mol. The maximum Gasteiger partial charge on any atom is 0.222 e. The van der Waals surface area contributed by atoms with Crippen molar-refractivity contribution in [2.75, 3.05) is 13.2 Å². The van der Waals surface area contributed by atoms with Crippen LogP contribution in [0.4, 0.5) is 0 Å². The number of hydrogen-bond acceptors (Lipinski definition) is 2. The molecule has 18 heavy (non-hydrogen) atoms. The highest BCUT2D eigenvalue weighted by Gasteiger charge is 2.40. The summed E-state index contributed by atoms with van der Waals surface area (Å²) in [4.78, 5) is 0. The zero-order valence-corrected chi connectivity index (χ0v) is 10.6. The fourth-order valence-corrected chi connectivity index (χ4v) is 2.45. The van der Waals surface area contributed by atoms with E-state index in [1.165, 1.54) is 0 Å². The first-order valence-corrected chi connectivity index (χ1v) is 6.28. The van der Waals surface area contributed by atoms with E-state index in [0.29, 0.717) is 18.2 Å². The molecule has 0 unspecified atom stereocenters. The largest absolute Gasteiger partial charge is 0.340 e. The number of hydrogen-bond donors (Lipinski definition) is 0. The summed E-state index contributed by atoms with van der Waals surface area (Å²) in [7, 11) is 0. The molecule has 0 saturated carbocycles. The Kier molecular flexibility index (Phi) is 3.08. The first-order valence-electron chi connectivity index (χ1n) is 5.91. The summed E-state index contributed by atoms with van der Waals surface area (Å²) in [5, 5.41) is 0.682. The highest BCUT2D eigenvalue weighted by atomic mass is 35.5. The zero-order chi connectivity index (χ0) is 12.4. The van der Waals surface area contributed by atoms with Crippen LogP contribution in [0.25, 0.3) is 0 Å². The average Bonchev–Trinajstić information content (AvgIpc) is 2.90. The van der Waals surface area contributed by atoms with Crippen molar-refractivity contribution in [2.45, 2.75) is 5.79 Å². The number of rotatable bonds is 2. The number of halogens is 1. The molecule has 1 aliphatic rings. The van der Waals surface area contributed by atoms with E-state index < -0.39 is 5.79 Å². The molecule has 0 amide bonds. The molecule has 1 aliphatic heterocycles. The highest BCUT2D eigenvalue weighted by Crippen LogP contribution is 2.38. The highest BCUT2D eigenvalue weighted by molar-refractivity contribution is 6.30. The fourth-order valence-electron chi connectivity index (χ4n) is 2.26. The molecule has 0 bridgehead atoms. The first-order chi connectivity index (χ1) is 8.81. The van der Waals surface area contributed by atoms with E-state index in [-0.39, 0.29) is 0 Å². The van der Waals surface area contributed by atoms with E-state index >= 15 is 0 Å². The molecule has 2 aromatic rings. The standard InChI is InChI=1S/C15H13ClO2/c16-14-8-4-7-13(11-14)15(17-9-10-18-15)12-5-2-1-3-6-12/h1-8,11H,9-10H2. The van der Waals surface area contributed by atoms with E-state index in [4.69, 9.17) is 21.1 Å². The van der Waals surface area contributed by atoms with Crippen LogP contribution in [0.2, 0.25) is 5.02 Å². The topological polar surface area (TPSA) is 18.5 Å². The molecule has 3 heteroatoms. The lowest BCUT2D eigenvalue weighted by Crippen LogP contribution is -2.28. The molecule has 0 N–H and O–H groups in total. The van der Waals surface area contributed by atoms with Crippen LogP contribution in [0, 0.1) is 0 Å². The van der Waals surface area contributed by atoms with Gasteiger partial charge in [0.05, 0.1) is 13.2 Å². The minimum absolute atomic E-state index is 0.585. The Bertz CT molecular complexity index is 533. The van der Waals surface area contributed by atoms with Gasteiger partial charge in [-0.1, -0.05) is 54.1 Å². The van der Waals surface area contributed by atoms with Gasteiger partial charge in [0.2, 0.25) is 5.79 Å². The molecule has 2 aromatic carbocycles. The van der Waals surface area contributed by atoms with E-state index in [9.17, 15) is 0 Å². The summed E-state index contributed by atoms with van der Waals surface area (Å²) in [5.74, 6) is -0.813. The minimum Gasteiger partial charge on any atom is -0.340 e. The van der Waals surface area contributed by atoms with Crippen LogP contribution >= 0.6 is 11.6 Å². The van der Waals surface area contributed by atoms with E-state index in [0.717, 1.165) is 11.1 Å². The monoisotopic (exact) mass is 260 g/mol.